The van der Waals surface area contributed by atoms with Gasteiger partial charge in [0.25, 0.3) is 10.0 Å². The average Bonchev–Trinajstić information content (AvgIpc) is 2.85. The van der Waals surface area contributed by atoms with E-state index in [0.717, 1.165) is 11.3 Å². The molecular formula is C12H12N4O4S2. The van der Waals surface area contributed by atoms with Crippen molar-refractivity contribution in [3.8, 4) is 5.06 Å². The summed E-state index contributed by atoms with van der Waals surface area (Å²) in [5, 5.41) is 4.18. The first kappa shape index (κ1) is 15.9. The lowest BCUT2D eigenvalue weighted by molar-refractivity contribution is 0.212. The van der Waals surface area contributed by atoms with Gasteiger partial charge in [0.15, 0.2) is 0 Å². The van der Waals surface area contributed by atoms with Crippen LogP contribution in [0.25, 0.3) is 0 Å². The number of hydrazone groups is 1. The van der Waals surface area contributed by atoms with E-state index in [9.17, 15) is 13.2 Å². The first-order valence-electron chi connectivity index (χ1n) is 5.92. The molecule has 0 bridgehead atoms. The maximum absolute atomic E-state index is 12.1. The van der Waals surface area contributed by atoms with Crippen LogP contribution in [0.1, 0.15) is 10.6 Å². The quantitative estimate of drug-likeness (QED) is 0.625. The number of ether oxygens (including phenoxy) is 1. The Morgan fingerprint density at radius 3 is 2.86 bits per heavy atom. The SMILES string of the molecule is Cc1ccccc1S(=O)(=O)NN=Cc1ncc(OC(N)=O)s1. The van der Waals surface area contributed by atoms with Gasteiger partial charge in [-0.3, -0.25) is 0 Å². The molecular weight excluding hydrogens is 328 g/mol. The monoisotopic (exact) mass is 340 g/mol. The van der Waals surface area contributed by atoms with E-state index in [1.807, 2.05) is 0 Å². The zero-order chi connectivity index (χ0) is 16.2. The van der Waals surface area contributed by atoms with Crippen molar-refractivity contribution >= 4 is 33.7 Å². The molecule has 2 rings (SSSR count). The second-order valence-corrected chi connectivity index (χ2v) is 6.71. The number of hydrogen-bond acceptors (Lipinski definition) is 7. The van der Waals surface area contributed by atoms with Gasteiger partial charge in [-0.25, -0.2) is 9.78 Å². The topological polar surface area (TPSA) is 124 Å². The zero-order valence-corrected chi connectivity index (χ0v) is 13.0. The maximum atomic E-state index is 12.1. The molecule has 1 heterocycles. The van der Waals surface area contributed by atoms with Gasteiger partial charge in [-0.1, -0.05) is 29.5 Å². The standard InChI is InChI=1S/C12H12N4O4S2/c1-8-4-2-3-5-9(8)22(18,19)16-15-6-10-14-7-11(21-10)20-12(13)17/h2-7,16H,1H3,(H2,13,17). The fourth-order valence-electron chi connectivity index (χ4n) is 1.54. The van der Waals surface area contributed by atoms with Gasteiger partial charge in [0.1, 0.15) is 5.01 Å². The van der Waals surface area contributed by atoms with Gasteiger partial charge < -0.3 is 10.5 Å². The first-order chi connectivity index (χ1) is 10.4. The number of amides is 1. The van der Waals surface area contributed by atoms with E-state index in [1.54, 1.807) is 25.1 Å². The highest BCUT2D eigenvalue weighted by Gasteiger charge is 2.14. The van der Waals surface area contributed by atoms with Crippen LogP contribution in [0.15, 0.2) is 40.5 Å². The number of carbonyl (C=O) groups excluding carboxylic acids is 1. The summed E-state index contributed by atoms with van der Waals surface area (Å²) >= 11 is 0.992. The molecule has 0 unspecified atom stereocenters. The van der Waals surface area contributed by atoms with Crippen molar-refractivity contribution in [2.75, 3.05) is 0 Å². The number of nitrogens with one attached hydrogen (secondary N) is 1. The highest BCUT2D eigenvalue weighted by molar-refractivity contribution is 7.89. The van der Waals surface area contributed by atoms with Crippen LogP contribution in [0.2, 0.25) is 0 Å². The van der Waals surface area contributed by atoms with E-state index in [-0.39, 0.29) is 9.96 Å². The molecule has 0 aliphatic rings. The highest BCUT2D eigenvalue weighted by atomic mass is 32.2. The summed E-state index contributed by atoms with van der Waals surface area (Å²) in [6.45, 7) is 1.69. The van der Waals surface area contributed by atoms with Crippen molar-refractivity contribution in [1.82, 2.24) is 9.82 Å². The number of carbonyl (C=O) groups is 1. The Balaban J connectivity index is 2.07. The molecule has 0 atom stereocenters. The lowest BCUT2D eigenvalue weighted by atomic mass is 10.2. The summed E-state index contributed by atoms with van der Waals surface area (Å²) in [6.07, 6.45) is 1.54. The molecule has 10 heteroatoms. The summed E-state index contributed by atoms with van der Waals surface area (Å²) in [4.78, 5) is 16.7. The molecule has 116 valence electrons. The molecule has 8 nitrogen and oxygen atoms in total. The third kappa shape index (κ3) is 4.02. The van der Waals surface area contributed by atoms with Gasteiger partial charge in [-0.05, 0) is 18.6 Å². The molecule has 0 saturated heterocycles. The van der Waals surface area contributed by atoms with E-state index in [2.05, 4.69) is 19.7 Å². The van der Waals surface area contributed by atoms with Crippen molar-refractivity contribution in [1.29, 1.82) is 0 Å². The van der Waals surface area contributed by atoms with Gasteiger partial charge in [-0.2, -0.15) is 18.4 Å². The summed E-state index contributed by atoms with van der Waals surface area (Å²) < 4.78 is 28.8. The predicted molar refractivity (Wildman–Crippen MR) is 81.4 cm³/mol. The van der Waals surface area contributed by atoms with Crippen LogP contribution in [0.3, 0.4) is 0 Å². The van der Waals surface area contributed by atoms with Crippen LogP contribution >= 0.6 is 11.3 Å². The summed E-state index contributed by atoms with van der Waals surface area (Å²) in [7, 11) is -3.75. The lowest BCUT2D eigenvalue weighted by Crippen LogP contribution is -2.19. The minimum absolute atomic E-state index is 0.143. The van der Waals surface area contributed by atoms with Crippen LogP contribution in [0, 0.1) is 6.92 Å². The van der Waals surface area contributed by atoms with E-state index in [0.29, 0.717) is 10.6 Å². The van der Waals surface area contributed by atoms with Gasteiger partial charge in [0.05, 0.1) is 17.3 Å². The lowest BCUT2D eigenvalue weighted by Gasteiger charge is -2.05. The second-order valence-electron chi connectivity index (χ2n) is 4.06. The highest BCUT2D eigenvalue weighted by Crippen LogP contribution is 2.20. The van der Waals surface area contributed by atoms with Crippen molar-refractivity contribution in [2.24, 2.45) is 10.8 Å². The molecule has 22 heavy (non-hydrogen) atoms. The molecule has 0 spiro atoms. The Kier molecular flexibility index (Phi) is 4.73. The van der Waals surface area contributed by atoms with Crippen molar-refractivity contribution < 1.29 is 17.9 Å². The number of sulfonamides is 1. The number of nitrogens with zero attached hydrogens (tertiary/aromatic N) is 2. The van der Waals surface area contributed by atoms with Crippen LogP contribution in [0.4, 0.5) is 4.79 Å². The molecule has 0 aliphatic carbocycles. The van der Waals surface area contributed by atoms with Gasteiger partial charge >= 0.3 is 6.09 Å². The van der Waals surface area contributed by atoms with Gasteiger partial charge in [0.2, 0.25) is 5.06 Å². The van der Waals surface area contributed by atoms with Gasteiger partial charge in [0, 0.05) is 0 Å². The summed E-state index contributed by atoms with van der Waals surface area (Å²) in [6, 6.07) is 6.54. The van der Waals surface area contributed by atoms with Crippen LogP contribution in [-0.4, -0.2) is 25.7 Å². The van der Waals surface area contributed by atoms with Gasteiger partial charge in [-0.15, -0.1) is 0 Å². The molecule has 0 aliphatic heterocycles. The molecule has 2 aromatic rings. The predicted octanol–water partition coefficient (Wildman–Crippen LogP) is 1.22. The van der Waals surface area contributed by atoms with Crippen LogP contribution in [-0.2, 0) is 10.0 Å². The van der Waals surface area contributed by atoms with E-state index in [1.165, 1.54) is 18.5 Å². The zero-order valence-electron chi connectivity index (χ0n) is 11.4. The minimum atomic E-state index is -3.75. The number of aryl methyl sites for hydroxylation is 1. The number of thiazole rings is 1. The third-order valence-corrected chi connectivity index (χ3v) is 4.63. The molecule has 0 saturated carbocycles. The molecule has 1 aromatic heterocycles. The van der Waals surface area contributed by atoms with Crippen molar-refractivity contribution in [2.45, 2.75) is 11.8 Å². The first-order valence-corrected chi connectivity index (χ1v) is 8.22. The van der Waals surface area contributed by atoms with E-state index >= 15 is 0 Å². The Morgan fingerprint density at radius 2 is 2.18 bits per heavy atom. The third-order valence-electron chi connectivity index (χ3n) is 2.43. The largest absolute Gasteiger partial charge is 0.410 e. The fourth-order valence-corrected chi connectivity index (χ4v) is 3.22. The molecule has 0 fully saturated rings. The van der Waals surface area contributed by atoms with Crippen LogP contribution < -0.4 is 15.3 Å². The molecule has 1 amide bonds. The molecule has 3 N–H and O–H groups in total. The van der Waals surface area contributed by atoms with Crippen molar-refractivity contribution in [3.63, 3.8) is 0 Å². The summed E-state index contributed by atoms with van der Waals surface area (Å²) in [5.41, 5.74) is 5.47. The number of nitrogens with two attached hydrogens (primary N) is 1. The van der Waals surface area contributed by atoms with E-state index < -0.39 is 16.1 Å². The number of benzene rings is 1. The Hall–Kier alpha value is -2.46. The minimum Gasteiger partial charge on any atom is -0.398 e. The Labute approximate surface area is 130 Å². The second kappa shape index (κ2) is 6.54. The summed E-state index contributed by atoms with van der Waals surface area (Å²) in [5.74, 6) is 0. The van der Waals surface area contributed by atoms with E-state index in [4.69, 9.17) is 5.73 Å². The number of primary amides is 1. The number of hydrogen-bond donors (Lipinski definition) is 2. The Bertz CT molecular complexity index is 814. The number of aromatic nitrogens is 1. The Morgan fingerprint density at radius 1 is 1.45 bits per heavy atom. The molecule has 0 radical (unpaired) electrons. The molecule has 1 aromatic carbocycles. The average molecular weight is 340 g/mol. The van der Waals surface area contributed by atoms with Crippen LogP contribution in [0.5, 0.6) is 5.06 Å². The fraction of sp³-hybridized carbons (Fsp3) is 0.0833. The number of rotatable bonds is 5. The maximum Gasteiger partial charge on any atom is 0.410 e. The smallest absolute Gasteiger partial charge is 0.398 e. The normalized spacial score (nSPS) is 11.5. The van der Waals surface area contributed by atoms with Crippen molar-refractivity contribution in [3.05, 3.63) is 41.0 Å².